The van der Waals surface area contributed by atoms with E-state index in [9.17, 15) is 9.90 Å². The predicted molar refractivity (Wildman–Crippen MR) is 83.0 cm³/mol. The summed E-state index contributed by atoms with van der Waals surface area (Å²) < 4.78 is 5.51. The molecule has 0 saturated heterocycles. The molecular formula is C14H20N3O3S-. The molecule has 7 heteroatoms. The summed E-state index contributed by atoms with van der Waals surface area (Å²) in [5.41, 5.74) is 4.31. The largest absolute Gasteiger partial charge is 0.550 e. The summed E-state index contributed by atoms with van der Waals surface area (Å²) in [5.74, 6) is 0.205. The molecule has 1 heterocycles. The first-order valence-corrected chi connectivity index (χ1v) is 7.22. The van der Waals surface area contributed by atoms with Crippen LogP contribution in [-0.4, -0.2) is 23.3 Å². The van der Waals surface area contributed by atoms with Crippen molar-refractivity contribution in [1.29, 1.82) is 0 Å². The molecule has 6 nitrogen and oxygen atoms in total. The third-order valence-corrected chi connectivity index (χ3v) is 3.03. The number of hydrogen-bond donors (Lipinski definition) is 2. The van der Waals surface area contributed by atoms with E-state index in [-0.39, 0.29) is 6.42 Å². The Balaban J connectivity index is 2.66. The van der Waals surface area contributed by atoms with Gasteiger partial charge in [-0.25, -0.2) is 0 Å². The Labute approximate surface area is 129 Å². The van der Waals surface area contributed by atoms with E-state index in [0.717, 1.165) is 24.2 Å². The number of carboxylic acid groups (broad SMARTS) is 1. The highest BCUT2D eigenvalue weighted by Crippen LogP contribution is 2.16. The van der Waals surface area contributed by atoms with E-state index in [1.54, 1.807) is 6.07 Å². The summed E-state index contributed by atoms with van der Waals surface area (Å²) in [7, 11) is 0. The fourth-order valence-electron chi connectivity index (χ4n) is 1.72. The van der Waals surface area contributed by atoms with Crippen molar-refractivity contribution in [1.82, 2.24) is 10.7 Å². The third kappa shape index (κ3) is 5.95. The molecule has 0 spiro atoms. The standard InChI is InChI=1S/C14H21N3O3S/c1-4-7-15-14(21)17-16-9(2)12-8-11(20-10(12)3)5-6-13(18)19/h8H,4-7H2,1-3H3,(H,18,19)(H2,15,17,21)/p-1/b16-9-. The van der Waals surface area contributed by atoms with E-state index >= 15 is 0 Å². The minimum atomic E-state index is -1.09. The molecule has 0 unspecified atom stereocenters. The Morgan fingerprint density at radius 1 is 1.52 bits per heavy atom. The van der Waals surface area contributed by atoms with Crippen LogP contribution in [0.2, 0.25) is 0 Å². The number of rotatable bonds is 7. The van der Waals surface area contributed by atoms with E-state index in [4.69, 9.17) is 16.6 Å². The lowest BCUT2D eigenvalue weighted by molar-refractivity contribution is -0.305. The van der Waals surface area contributed by atoms with Gasteiger partial charge in [0.05, 0.1) is 5.71 Å². The Morgan fingerprint density at radius 3 is 2.86 bits per heavy atom. The van der Waals surface area contributed by atoms with Crippen LogP contribution in [0.1, 0.15) is 43.8 Å². The van der Waals surface area contributed by atoms with E-state index in [0.29, 0.717) is 23.1 Å². The maximum Gasteiger partial charge on any atom is 0.186 e. The van der Waals surface area contributed by atoms with Gasteiger partial charge in [-0.3, -0.25) is 5.43 Å². The van der Waals surface area contributed by atoms with Gasteiger partial charge in [-0.1, -0.05) is 6.92 Å². The number of carboxylic acids is 1. The number of hydrogen-bond acceptors (Lipinski definition) is 5. The highest BCUT2D eigenvalue weighted by atomic mass is 32.1. The lowest BCUT2D eigenvalue weighted by atomic mass is 10.1. The summed E-state index contributed by atoms with van der Waals surface area (Å²) in [4.78, 5) is 10.5. The molecule has 0 fully saturated rings. The van der Waals surface area contributed by atoms with Crippen LogP contribution in [0.3, 0.4) is 0 Å². The van der Waals surface area contributed by atoms with E-state index in [1.165, 1.54) is 0 Å². The summed E-state index contributed by atoms with van der Waals surface area (Å²) in [6.45, 7) is 6.48. The first kappa shape index (κ1) is 17.2. The Kier molecular flexibility index (Phi) is 6.87. The zero-order chi connectivity index (χ0) is 15.8. The number of nitrogens with one attached hydrogen (secondary N) is 2. The lowest BCUT2D eigenvalue weighted by Crippen LogP contribution is -2.33. The average molecular weight is 310 g/mol. The molecule has 0 radical (unpaired) electrons. The normalized spacial score (nSPS) is 11.3. The number of carbonyl (C=O) groups excluding carboxylic acids is 1. The average Bonchev–Trinajstić information content (AvgIpc) is 2.81. The maximum absolute atomic E-state index is 10.5. The molecule has 21 heavy (non-hydrogen) atoms. The highest BCUT2D eigenvalue weighted by Gasteiger charge is 2.10. The van der Waals surface area contributed by atoms with Crippen LogP contribution in [0, 0.1) is 6.92 Å². The SMILES string of the molecule is CCCNC(=S)N/N=C(/C)c1cc(CCC(=O)[O-])oc1C. The molecule has 1 aromatic rings. The van der Waals surface area contributed by atoms with Crippen LogP contribution < -0.4 is 15.8 Å². The number of aliphatic carboxylic acids is 1. The first-order valence-electron chi connectivity index (χ1n) is 6.81. The topological polar surface area (TPSA) is 89.7 Å². The Hall–Kier alpha value is -1.89. The zero-order valence-corrected chi connectivity index (χ0v) is 13.3. The number of thiocarbonyl (C=S) groups is 1. The van der Waals surface area contributed by atoms with Gasteiger partial charge in [-0.05, 0) is 45.0 Å². The fraction of sp³-hybridized carbons (Fsp3) is 0.500. The van der Waals surface area contributed by atoms with Crippen molar-refractivity contribution in [3.63, 3.8) is 0 Å². The van der Waals surface area contributed by atoms with Crippen molar-refractivity contribution in [2.24, 2.45) is 5.10 Å². The van der Waals surface area contributed by atoms with Crippen LogP contribution in [0.15, 0.2) is 15.6 Å². The monoisotopic (exact) mass is 310 g/mol. The summed E-state index contributed by atoms with van der Waals surface area (Å²) in [5, 5.41) is 18.1. The molecule has 0 aliphatic rings. The van der Waals surface area contributed by atoms with Crippen molar-refractivity contribution in [3.05, 3.63) is 23.2 Å². The number of nitrogens with zero attached hydrogens (tertiary/aromatic N) is 1. The zero-order valence-electron chi connectivity index (χ0n) is 12.5. The highest BCUT2D eigenvalue weighted by molar-refractivity contribution is 7.80. The summed E-state index contributed by atoms with van der Waals surface area (Å²) in [6.07, 6.45) is 1.22. The quantitative estimate of drug-likeness (QED) is 0.441. The van der Waals surface area contributed by atoms with Crippen molar-refractivity contribution in [2.45, 2.75) is 40.0 Å². The fourth-order valence-corrected chi connectivity index (χ4v) is 1.87. The van der Waals surface area contributed by atoms with Gasteiger partial charge in [0.2, 0.25) is 0 Å². The van der Waals surface area contributed by atoms with Crippen molar-refractivity contribution in [2.75, 3.05) is 6.54 Å². The van der Waals surface area contributed by atoms with Gasteiger partial charge < -0.3 is 19.6 Å². The van der Waals surface area contributed by atoms with Crippen LogP contribution >= 0.6 is 12.2 Å². The van der Waals surface area contributed by atoms with Crippen LogP contribution in [-0.2, 0) is 11.2 Å². The van der Waals surface area contributed by atoms with Gasteiger partial charge in [0, 0.05) is 24.5 Å². The second kappa shape index (κ2) is 8.41. The predicted octanol–water partition coefficient (Wildman–Crippen LogP) is 0.869. The van der Waals surface area contributed by atoms with Gasteiger partial charge in [0.15, 0.2) is 5.11 Å². The lowest BCUT2D eigenvalue weighted by Gasteiger charge is -2.06. The van der Waals surface area contributed by atoms with Gasteiger partial charge in [-0.2, -0.15) is 5.10 Å². The molecule has 0 aromatic carbocycles. The maximum atomic E-state index is 10.5. The molecule has 0 atom stereocenters. The third-order valence-electron chi connectivity index (χ3n) is 2.79. The molecule has 0 bridgehead atoms. The van der Waals surface area contributed by atoms with E-state index in [2.05, 4.69) is 15.8 Å². The Morgan fingerprint density at radius 2 is 2.24 bits per heavy atom. The minimum Gasteiger partial charge on any atom is -0.550 e. The van der Waals surface area contributed by atoms with E-state index in [1.807, 2.05) is 20.8 Å². The molecule has 0 aliphatic heterocycles. The second-order valence-corrected chi connectivity index (χ2v) is 5.03. The van der Waals surface area contributed by atoms with Crippen LogP contribution in [0.25, 0.3) is 0 Å². The van der Waals surface area contributed by atoms with Crippen LogP contribution in [0.5, 0.6) is 0 Å². The number of hydrazone groups is 1. The molecular weight excluding hydrogens is 290 g/mol. The van der Waals surface area contributed by atoms with Gasteiger partial charge in [0.25, 0.3) is 0 Å². The Bertz CT molecular complexity index is 538. The smallest absolute Gasteiger partial charge is 0.186 e. The molecule has 2 N–H and O–H groups in total. The molecule has 1 rings (SSSR count). The molecule has 0 aliphatic carbocycles. The van der Waals surface area contributed by atoms with Crippen molar-refractivity contribution >= 4 is 29.0 Å². The molecule has 1 aromatic heterocycles. The molecule has 116 valence electrons. The van der Waals surface area contributed by atoms with E-state index < -0.39 is 5.97 Å². The summed E-state index contributed by atoms with van der Waals surface area (Å²) >= 11 is 5.07. The molecule has 0 amide bonds. The minimum absolute atomic E-state index is 0.0636. The van der Waals surface area contributed by atoms with Gasteiger partial charge in [0.1, 0.15) is 11.5 Å². The number of furan rings is 1. The van der Waals surface area contributed by atoms with Gasteiger partial charge >= 0.3 is 0 Å². The summed E-state index contributed by atoms with van der Waals surface area (Å²) in [6, 6.07) is 1.79. The van der Waals surface area contributed by atoms with Crippen molar-refractivity contribution in [3.8, 4) is 0 Å². The van der Waals surface area contributed by atoms with Crippen molar-refractivity contribution < 1.29 is 14.3 Å². The molecule has 0 saturated carbocycles. The van der Waals surface area contributed by atoms with Crippen LogP contribution in [0.4, 0.5) is 0 Å². The first-order chi connectivity index (χ1) is 9.93. The number of carbonyl (C=O) groups is 1. The number of aryl methyl sites for hydroxylation is 2. The second-order valence-electron chi connectivity index (χ2n) is 4.62. The van der Waals surface area contributed by atoms with Gasteiger partial charge in [-0.15, -0.1) is 0 Å².